The van der Waals surface area contributed by atoms with E-state index in [2.05, 4.69) is 0 Å². The summed E-state index contributed by atoms with van der Waals surface area (Å²) < 4.78 is 32.6. The Morgan fingerprint density at radius 2 is 1.84 bits per heavy atom. The molecule has 136 valence electrons. The molecule has 0 aromatic heterocycles. The summed E-state index contributed by atoms with van der Waals surface area (Å²) in [6.45, 7) is 2.99. The molecule has 2 aliphatic rings. The van der Waals surface area contributed by atoms with Crippen LogP contribution in [0.2, 0.25) is 0 Å². The van der Waals surface area contributed by atoms with Crippen LogP contribution >= 0.6 is 0 Å². The van der Waals surface area contributed by atoms with E-state index in [0.717, 1.165) is 17.7 Å². The van der Waals surface area contributed by atoms with Gasteiger partial charge in [0.15, 0.2) is 0 Å². The quantitative estimate of drug-likeness (QED) is 0.758. The highest BCUT2D eigenvalue weighted by molar-refractivity contribution is 7.89. The number of amides is 2. The third-order valence-electron chi connectivity index (χ3n) is 4.70. The van der Waals surface area contributed by atoms with E-state index in [0.29, 0.717) is 24.8 Å². The maximum atomic E-state index is 13.0. The summed E-state index contributed by atoms with van der Waals surface area (Å²) in [4.78, 5) is 25.2. The normalized spacial score (nSPS) is 22.5. The first kappa shape index (κ1) is 17.9. The monoisotopic (exact) mass is 366 g/mol. The highest BCUT2D eigenvalue weighted by Gasteiger charge is 2.34. The van der Waals surface area contributed by atoms with Crippen LogP contribution in [0.25, 0.3) is 0 Å². The minimum absolute atomic E-state index is 0.0740. The molecular formula is C17H22N2O5S. The molecule has 3 rings (SSSR count). The molecule has 0 N–H and O–H groups in total. The molecule has 2 saturated heterocycles. The van der Waals surface area contributed by atoms with Crippen molar-refractivity contribution >= 4 is 27.5 Å². The Labute approximate surface area is 147 Å². The van der Waals surface area contributed by atoms with Gasteiger partial charge in [-0.15, -0.1) is 0 Å². The lowest BCUT2D eigenvalue weighted by Gasteiger charge is -2.30. The summed E-state index contributed by atoms with van der Waals surface area (Å²) >= 11 is 0. The van der Waals surface area contributed by atoms with Gasteiger partial charge in [0.1, 0.15) is 5.75 Å². The van der Waals surface area contributed by atoms with Crippen LogP contribution < -0.4 is 9.64 Å². The third-order valence-corrected chi connectivity index (χ3v) is 6.56. The number of nitrogens with zero attached hydrogens (tertiary/aromatic N) is 2. The molecule has 0 bridgehead atoms. The third kappa shape index (κ3) is 3.28. The van der Waals surface area contributed by atoms with E-state index in [1.165, 1.54) is 29.6 Å². The van der Waals surface area contributed by atoms with Crippen molar-refractivity contribution < 1.29 is 22.7 Å². The number of methoxy groups -OCH3 is 1. The minimum atomic E-state index is -3.68. The van der Waals surface area contributed by atoms with Gasteiger partial charge in [-0.25, -0.2) is 13.3 Å². The van der Waals surface area contributed by atoms with Crippen LogP contribution in [0.4, 0.5) is 5.69 Å². The van der Waals surface area contributed by atoms with Crippen molar-refractivity contribution in [2.75, 3.05) is 25.1 Å². The van der Waals surface area contributed by atoms with Gasteiger partial charge in [0.25, 0.3) is 0 Å². The van der Waals surface area contributed by atoms with E-state index in [4.69, 9.17) is 4.74 Å². The van der Waals surface area contributed by atoms with Crippen LogP contribution in [0.1, 0.15) is 32.6 Å². The number of hydrogen-bond acceptors (Lipinski definition) is 5. The zero-order chi connectivity index (χ0) is 18.2. The van der Waals surface area contributed by atoms with E-state index in [1.54, 1.807) is 0 Å². The van der Waals surface area contributed by atoms with Crippen molar-refractivity contribution in [2.45, 2.75) is 37.5 Å². The Kier molecular flexibility index (Phi) is 4.83. The fourth-order valence-electron chi connectivity index (χ4n) is 3.36. The van der Waals surface area contributed by atoms with Crippen LogP contribution in [0, 0.1) is 5.92 Å². The highest BCUT2D eigenvalue weighted by atomic mass is 32.2. The molecular weight excluding hydrogens is 344 g/mol. The molecule has 2 heterocycles. The molecule has 0 aliphatic carbocycles. The summed E-state index contributed by atoms with van der Waals surface area (Å²) in [5.41, 5.74) is 0.195. The van der Waals surface area contributed by atoms with Gasteiger partial charge >= 0.3 is 0 Å². The van der Waals surface area contributed by atoms with Crippen LogP contribution in [-0.4, -0.2) is 44.7 Å². The predicted molar refractivity (Wildman–Crippen MR) is 91.9 cm³/mol. The summed E-state index contributed by atoms with van der Waals surface area (Å²) in [6, 6.07) is 4.32. The number of carbonyl (C=O) groups excluding carboxylic acids is 2. The van der Waals surface area contributed by atoms with Gasteiger partial charge < -0.3 is 4.74 Å². The molecule has 0 saturated carbocycles. The average Bonchev–Trinajstić information content (AvgIpc) is 2.92. The van der Waals surface area contributed by atoms with Gasteiger partial charge in [0.05, 0.1) is 17.7 Å². The Balaban J connectivity index is 2.02. The number of ether oxygens (including phenoxy) is 1. The van der Waals surface area contributed by atoms with E-state index in [-0.39, 0.29) is 35.2 Å². The lowest BCUT2D eigenvalue weighted by Crippen LogP contribution is -2.39. The van der Waals surface area contributed by atoms with Crippen LogP contribution in [0.5, 0.6) is 5.75 Å². The van der Waals surface area contributed by atoms with Crippen molar-refractivity contribution in [3.63, 3.8) is 0 Å². The van der Waals surface area contributed by atoms with Crippen LogP contribution in [0.3, 0.4) is 0 Å². The molecule has 1 aromatic carbocycles. The molecule has 2 fully saturated rings. The maximum Gasteiger partial charge on any atom is 0.243 e. The van der Waals surface area contributed by atoms with Gasteiger partial charge in [0.2, 0.25) is 21.8 Å². The van der Waals surface area contributed by atoms with Crippen molar-refractivity contribution in [3.05, 3.63) is 18.2 Å². The maximum absolute atomic E-state index is 13.0. The summed E-state index contributed by atoms with van der Waals surface area (Å²) in [5.74, 6) is -0.0774. The predicted octanol–water partition coefficient (Wildman–Crippen LogP) is 1.77. The molecule has 0 unspecified atom stereocenters. The lowest BCUT2D eigenvalue weighted by atomic mass is 10.0. The first-order valence-electron chi connectivity index (χ1n) is 8.38. The number of carbonyl (C=O) groups is 2. The molecule has 8 heteroatoms. The smallest absolute Gasteiger partial charge is 0.243 e. The summed E-state index contributed by atoms with van der Waals surface area (Å²) in [7, 11) is -2.26. The fourth-order valence-corrected chi connectivity index (χ4v) is 4.98. The largest absolute Gasteiger partial charge is 0.495 e. The van der Waals surface area contributed by atoms with Gasteiger partial charge in [-0.2, -0.15) is 4.31 Å². The van der Waals surface area contributed by atoms with Gasteiger partial charge in [-0.05, 0) is 37.0 Å². The van der Waals surface area contributed by atoms with Crippen molar-refractivity contribution in [3.8, 4) is 5.75 Å². The number of anilines is 1. The first-order valence-corrected chi connectivity index (χ1v) is 9.82. The molecule has 2 aliphatic heterocycles. The number of imide groups is 1. The molecule has 1 aromatic rings. The van der Waals surface area contributed by atoms with Gasteiger partial charge in [0, 0.05) is 25.9 Å². The molecule has 7 nitrogen and oxygen atoms in total. The SMILES string of the molecule is COc1ccc(S(=O)(=O)N2CCC[C@@H](C)C2)cc1N1C(=O)CCC1=O. The molecule has 25 heavy (non-hydrogen) atoms. The second kappa shape index (κ2) is 6.76. The summed E-state index contributed by atoms with van der Waals surface area (Å²) in [5, 5.41) is 0. The Bertz CT molecular complexity index is 789. The standard InChI is InChI=1S/C17H22N2O5S/c1-12-4-3-9-18(11-12)25(22,23)13-5-6-15(24-2)14(10-13)19-16(20)7-8-17(19)21/h5-6,10,12H,3-4,7-9,11H2,1-2H3/t12-/m1/s1. The van der Waals surface area contributed by atoms with Crippen molar-refractivity contribution in [1.29, 1.82) is 0 Å². The Morgan fingerprint density at radius 3 is 2.44 bits per heavy atom. The first-order chi connectivity index (χ1) is 11.8. The second-order valence-electron chi connectivity index (χ2n) is 6.57. The van der Waals surface area contributed by atoms with E-state index < -0.39 is 10.0 Å². The number of piperidine rings is 1. The fraction of sp³-hybridized carbons (Fsp3) is 0.529. The van der Waals surface area contributed by atoms with Crippen molar-refractivity contribution in [1.82, 2.24) is 4.31 Å². The van der Waals surface area contributed by atoms with Crippen molar-refractivity contribution in [2.24, 2.45) is 5.92 Å². The Morgan fingerprint density at radius 1 is 1.16 bits per heavy atom. The molecule has 2 amide bonds. The number of rotatable bonds is 4. The van der Waals surface area contributed by atoms with Crippen LogP contribution in [-0.2, 0) is 19.6 Å². The van der Waals surface area contributed by atoms with E-state index in [1.807, 2.05) is 6.92 Å². The number of benzene rings is 1. The average molecular weight is 366 g/mol. The van der Waals surface area contributed by atoms with Crippen LogP contribution in [0.15, 0.2) is 23.1 Å². The Hall–Kier alpha value is -1.93. The summed E-state index contributed by atoms with van der Waals surface area (Å²) in [6.07, 6.45) is 2.09. The molecule has 0 spiro atoms. The topological polar surface area (TPSA) is 84.0 Å². The zero-order valence-electron chi connectivity index (χ0n) is 14.4. The lowest BCUT2D eigenvalue weighted by molar-refractivity contribution is -0.121. The minimum Gasteiger partial charge on any atom is -0.495 e. The molecule has 0 radical (unpaired) electrons. The van der Waals surface area contributed by atoms with Gasteiger partial charge in [-0.3, -0.25) is 9.59 Å². The highest BCUT2D eigenvalue weighted by Crippen LogP contribution is 2.35. The molecule has 1 atom stereocenters. The van der Waals surface area contributed by atoms with Gasteiger partial charge in [-0.1, -0.05) is 6.92 Å². The number of sulfonamides is 1. The second-order valence-corrected chi connectivity index (χ2v) is 8.50. The van der Waals surface area contributed by atoms with E-state index >= 15 is 0 Å². The number of hydrogen-bond donors (Lipinski definition) is 0. The van der Waals surface area contributed by atoms with E-state index in [9.17, 15) is 18.0 Å². The zero-order valence-corrected chi connectivity index (χ0v) is 15.2.